The summed E-state index contributed by atoms with van der Waals surface area (Å²) in [6, 6.07) is 0.139. The average Bonchev–Trinajstić information content (AvgIpc) is 2.63. The highest BCUT2D eigenvalue weighted by atomic mass is 32.2. The fourth-order valence-electron chi connectivity index (χ4n) is 1.76. The third kappa shape index (κ3) is 2.78. The number of nitrogens with two attached hydrogens (primary N) is 1. The number of nitrogens with one attached hydrogen (secondary N) is 1. The predicted octanol–water partition coefficient (Wildman–Crippen LogP) is 1.12. The Morgan fingerprint density at radius 2 is 2.00 bits per heavy atom. The maximum atomic E-state index is 11.8. The van der Waals surface area contributed by atoms with Gasteiger partial charge < -0.3 is 5.73 Å². The molecule has 0 aliphatic carbocycles. The van der Waals surface area contributed by atoms with Crippen LogP contribution in [0.15, 0.2) is 11.1 Å². The Labute approximate surface area is 102 Å². The van der Waals surface area contributed by atoms with E-state index < -0.39 is 10.0 Å². The van der Waals surface area contributed by atoms with E-state index in [1.54, 1.807) is 11.6 Å². The van der Waals surface area contributed by atoms with Crippen molar-refractivity contribution < 1.29 is 8.42 Å². The predicted molar refractivity (Wildman–Crippen MR) is 67.1 cm³/mol. The van der Waals surface area contributed by atoms with Crippen LogP contribution >= 0.6 is 0 Å². The lowest BCUT2D eigenvalue weighted by Crippen LogP contribution is -2.24. The topological polar surface area (TPSA) is 90.0 Å². The highest BCUT2D eigenvalue weighted by Crippen LogP contribution is 2.24. The lowest BCUT2D eigenvalue weighted by Gasteiger charge is -2.14. The third-order valence-electron chi connectivity index (χ3n) is 2.71. The number of sulfonamides is 1. The maximum Gasteiger partial charge on any atom is 0.245 e. The first-order chi connectivity index (χ1) is 7.97. The van der Waals surface area contributed by atoms with Gasteiger partial charge in [-0.05, 0) is 12.8 Å². The molecule has 7 heteroatoms. The zero-order chi connectivity index (χ0) is 13.1. The molecule has 0 unspecified atom stereocenters. The maximum absolute atomic E-state index is 11.8. The molecule has 6 nitrogen and oxygen atoms in total. The van der Waals surface area contributed by atoms with Crippen molar-refractivity contribution in [3.8, 4) is 0 Å². The molecule has 98 valence electrons. The second kappa shape index (κ2) is 5.50. The largest absolute Gasteiger partial charge is 0.383 e. The number of rotatable bonds is 6. The third-order valence-corrected chi connectivity index (χ3v) is 4.27. The SMILES string of the molecule is CCNS(=O)(=O)c1cnn(C(CC)CC)c1N. The summed E-state index contributed by atoms with van der Waals surface area (Å²) in [5, 5.41) is 4.08. The van der Waals surface area contributed by atoms with E-state index in [9.17, 15) is 8.42 Å². The van der Waals surface area contributed by atoms with Crippen molar-refractivity contribution in [3.05, 3.63) is 6.20 Å². The summed E-state index contributed by atoms with van der Waals surface area (Å²) in [7, 11) is -3.53. The van der Waals surface area contributed by atoms with Crippen molar-refractivity contribution in [2.24, 2.45) is 0 Å². The normalized spacial score (nSPS) is 12.2. The van der Waals surface area contributed by atoms with E-state index in [1.807, 2.05) is 13.8 Å². The van der Waals surface area contributed by atoms with E-state index in [0.29, 0.717) is 6.54 Å². The van der Waals surface area contributed by atoms with Gasteiger partial charge in [-0.25, -0.2) is 17.8 Å². The Kier molecular flexibility index (Phi) is 4.53. The highest BCUT2D eigenvalue weighted by Gasteiger charge is 2.22. The molecule has 1 rings (SSSR count). The van der Waals surface area contributed by atoms with E-state index >= 15 is 0 Å². The van der Waals surface area contributed by atoms with Gasteiger partial charge in [-0.2, -0.15) is 5.10 Å². The van der Waals surface area contributed by atoms with Crippen molar-refractivity contribution in [2.45, 2.75) is 44.6 Å². The second-order valence-electron chi connectivity index (χ2n) is 3.81. The van der Waals surface area contributed by atoms with Gasteiger partial charge in [0.15, 0.2) is 0 Å². The van der Waals surface area contributed by atoms with Crippen LogP contribution in [0.25, 0.3) is 0 Å². The van der Waals surface area contributed by atoms with Gasteiger partial charge in [0, 0.05) is 6.54 Å². The molecular formula is C10H20N4O2S. The van der Waals surface area contributed by atoms with Crippen LogP contribution in [0.3, 0.4) is 0 Å². The summed E-state index contributed by atoms with van der Waals surface area (Å²) < 4.78 is 27.6. The van der Waals surface area contributed by atoms with Crippen molar-refractivity contribution in [3.63, 3.8) is 0 Å². The number of aromatic nitrogens is 2. The Bertz CT molecular complexity index is 463. The number of nitrogens with zero attached hydrogens (tertiary/aromatic N) is 2. The van der Waals surface area contributed by atoms with Gasteiger partial charge in [0.05, 0.1) is 12.2 Å². The second-order valence-corrected chi connectivity index (χ2v) is 5.55. The Balaban J connectivity index is 3.15. The average molecular weight is 260 g/mol. The molecule has 0 bridgehead atoms. The van der Waals surface area contributed by atoms with Crippen LogP contribution < -0.4 is 10.5 Å². The molecule has 3 N–H and O–H groups in total. The number of hydrogen-bond acceptors (Lipinski definition) is 4. The van der Waals surface area contributed by atoms with Gasteiger partial charge in [0.1, 0.15) is 10.7 Å². The molecule has 0 aliphatic rings. The molecule has 1 aromatic heterocycles. The van der Waals surface area contributed by atoms with Gasteiger partial charge in [0.25, 0.3) is 0 Å². The molecule has 0 radical (unpaired) electrons. The van der Waals surface area contributed by atoms with Crippen molar-refractivity contribution in [1.29, 1.82) is 0 Å². The molecule has 0 aliphatic heterocycles. The Morgan fingerprint density at radius 1 is 1.41 bits per heavy atom. The summed E-state index contributed by atoms with van der Waals surface area (Å²) in [6.07, 6.45) is 3.04. The summed E-state index contributed by atoms with van der Waals surface area (Å²) in [5.41, 5.74) is 5.85. The molecular weight excluding hydrogens is 240 g/mol. The van der Waals surface area contributed by atoms with Crippen LogP contribution in [0.2, 0.25) is 0 Å². The number of nitrogen functional groups attached to an aromatic ring is 1. The van der Waals surface area contributed by atoms with E-state index in [-0.39, 0.29) is 16.8 Å². The molecule has 0 saturated carbocycles. The first-order valence-corrected chi connectivity index (χ1v) is 7.28. The monoisotopic (exact) mass is 260 g/mol. The Hall–Kier alpha value is -1.08. The Morgan fingerprint density at radius 3 is 2.47 bits per heavy atom. The van der Waals surface area contributed by atoms with Gasteiger partial charge in [-0.15, -0.1) is 0 Å². The minimum atomic E-state index is -3.53. The lowest BCUT2D eigenvalue weighted by atomic mass is 10.2. The number of hydrogen-bond donors (Lipinski definition) is 2. The van der Waals surface area contributed by atoms with Gasteiger partial charge in [0.2, 0.25) is 10.0 Å². The molecule has 1 heterocycles. The first kappa shape index (κ1) is 14.0. The van der Waals surface area contributed by atoms with Crippen LogP contribution in [-0.2, 0) is 10.0 Å². The summed E-state index contributed by atoms with van der Waals surface area (Å²) in [6.45, 7) is 6.10. The minimum Gasteiger partial charge on any atom is -0.383 e. The van der Waals surface area contributed by atoms with E-state index in [1.165, 1.54) is 6.20 Å². The minimum absolute atomic E-state index is 0.0613. The van der Waals surface area contributed by atoms with Crippen LogP contribution in [-0.4, -0.2) is 24.7 Å². The van der Waals surface area contributed by atoms with Crippen LogP contribution in [0.1, 0.15) is 39.7 Å². The van der Waals surface area contributed by atoms with Crippen LogP contribution in [0, 0.1) is 0 Å². The van der Waals surface area contributed by atoms with Gasteiger partial charge in [-0.1, -0.05) is 20.8 Å². The molecule has 0 fully saturated rings. The van der Waals surface area contributed by atoms with Crippen molar-refractivity contribution in [1.82, 2.24) is 14.5 Å². The summed E-state index contributed by atoms with van der Waals surface area (Å²) >= 11 is 0. The highest BCUT2D eigenvalue weighted by molar-refractivity contribution is 7.89. The summed E-state index contributed by atoms with van der Waals surface area (Å²) in [4.78, 5) is 0.0613. The van der Waals surface area contributed by atoms with Crippen molar-refractivity contribution >= 4 is 15.8 Å². The van der Waals surface area contributed by atoms with E-state index in [0.717, 1.165) is 12.8 Å². The van der Waals surface area contributed by atoms with Crippen LogP contribution in [0.5, 0.6) is 0 Å². The zero-order valence-corrected chi connectivity index (χ0v) is 11.3. The van der Waals surface area contributed by atoms with Gasteiger partial charge in [-0.3, -0.25) is 0 Å². The standard InChI is InChI=1S/C10H20N4O2S/c1-4-8(5-2)14-10(11)9(7-12-14)17(15,16)13-6-3/h7-8,13H,4-6,11H2,1-3H3. The van der Waals surface area contributed by atoms with E-state index in [2.05, 4.69) is 9.82 Å². The fourth-order valence-corrected chi connectivity index (χ4v) is 2.85. The molecule has 0 aromatic carbocycles. The molecule has 0 spiro atoms. The molecule has 0 atom stereocenters. The molecule has 1 aromatic rings. The lowest BCUT2D eigenvalue weighted by molar-refractivity contribution is 0.434. The van der Waals surface area contributed by atoms with E-state index in [4.69, 9.17) is 5.73 Å². The zero-order valence-electron chi connectivity index (χ0n) is 10.5. The number of anilines is 1. The fraction of sp³-hybridized carbons (Fsp3) is 0.700. The van der Waals surface area contributed by atoms with Crippen LogP contribution in [0.4, 0.5) is 5.82 Å². The first-order valence-electron chi connectivity index (χ1n) is 5.80. The summed E-state index contributed by atoms with van der Waals surface area (Å²) in [5.74, 6) is 0.208. The molecule has 17 heavy (non-hydrogen) atoms. The quantitative estimate of drug-likeness (QED) is 0.802. The smallest absolute Gasteiger partial charge is 0.245 e. The van der Waals surface area contributed by atoms with Crippen molar-refractivity contribution in [2.75, 3.05) is 12.3 Å². The molecule has 0 saturated heterocycles. The molecule has 0 amide bonds. The van der Waals surface area contributed by atoms with Gasteiger partial charge >= 0.3 is 0 Å².